The number of hydrogen-bond donors (Lipinski definition) is 3. The van der Waals surface area contributed by atoms with Gasteiger partial charge < -0.3 is 20.6 Å². The number of unbranched alkanes of at least 4 members (excludes halogenated alkanes) is 22. The number of aliphatic hydroxyl groups excluding tert-OH is 1. The zero-order chi connectivity index (χ0) is 31.5. The molecule has 0 saturated heterocycles. The Kier molecular flexibility index (Phi) is 34.4. The number of nitrogens with zero attached hydrogens (tertiary/aromatic N) is 1. The number of aliphatic hydroxyl groups is 1. The average Bonchev–Trinajstić information content (AvgIpc) is 3.01. The molecule has 43 heavy (non-hydrogen) atoms. The Hall–Kier alpha value is -1.14. The smallest absolute Gasteiger partial charge is 0.221 e. The van der Waals surface area contributed by atoms with Gasteiger partial charge in [0, 0.05) is 52.2 Å². The van der Waals surface area contributed by atoms with Crippen LogP contribution in [-0.2, 0) is 9.59 Å². The molecule has 0 spiro atoms. The quantitative estimate of drug-likeness (QED) is 0.0626. The van der Waals surface area contributed by atoms with Gasteiger partial charge in [-0.2, -0.15) is 0 Å². The van der Waals surface area contributed by atoms with Gasteiger partial charge in [0.25, 0.3) is 0 Å². The fraction of sp³-hybridized carbons (Fsp3) is 0.946. The Morgan fingerprint density at radius 2 is 0.744 bits per heavy atom. The van der Waals surface area contributed by atoms with Crippen LogP contribution in [0.15, 0.2) is 0 Å². The van der Waals surface area contributed by atoms with E-state index in [-0.39, 0.29) is 18.4 Å². The van der Waals surface area contributed by atoms with E-state index in [0.717, 1.165) is 25.9 Å². The molecule has 0 aliphatic rings. The zero-order valence-electron chi connectivity index (χ0n) is 29.0. The lowest BCUT2D eigenvalue weighted by Gasteiger charge is -2.21. The van der Waals surface area contributed by atoms with Gasteiger partial charge in [0.1, 0.15) is 0 Å². The van der Waals surface area contributed by atoms with Gasteiger partial charge in [-0.25, -0.2) is 0 Å². The predicted molar refractivity (Wildman–Crippen MR) is 186 cm³/mol. The van der Waals surface area contributed by atoms with Crippen LogP contribution < -0.4 is 10.6 Å². The second kappa shape index (κ2) is 35.3. The molecule has 2 amide bonds. The summed E-state index contributed by atoms with van der Waals surface area (Å²) in [6.07, 6.45) is 33.3. The van der Waals surface area contributed by atoms with Gasteiger partial charge in [0.15, 0.2) is 0 Å². The van der Waals surface area contributed by atoms with Crippen LogP contribution in [0.4, 0.5) is 0 Å². The molecule has 0 atom stereocenters. The van der Waals surface area contributed by atoms with Gasteiger partial charge >= 0.3 is 0 Å². The lowest BCUT2D eigenvalue weighted by molar-refractivity contribution is -0.121. The first-order valence-corrected chi connectivity index (χ1v) is 19.0. The number of rotatable bonds is 35. The molecule has 0 fully saturated rings. The minimum Gasteiger partial charge on any atom is -0.396 e. The second-order valence-corrected chi connectivity index (χ2v) is 12.9. The third kappa shape index (κ3) is 33.6. The molecule has 0 aliphatic carbocycles. The minimum absolute atomic E-state index is 0.0912. The summed E-state index contributed by atoms with van der Waals surface area (Å²) in [6.45, 7) is 8.17. The largest absolute Gasteiger partial charge is 0.396 e. The predicted octanol–water partition coefficient (Wildman–Crippen LogP) is 9.09. The van der Waals surface area contributed by atoms with Gasteiger partial charge in [-0.3, -0.25) is 9.59 Å². The van der Waals surface area contributed by atoms with Crippen LogP contribution in [0.3, 0.4) is 0 Å². The van der Waals surface area contributed by atoms with Gasteiger partial charge in [-0.1, -0.05) is 155 Å². The van der Waals surface area contributed by atoms with Crippen molar-refractivity contribution in [3.05, 3.63) is 0 Å². The molecular weight excluding hydrogens is 534 g/mol. The summed E-state index contributed by atoms with van der Waals surface area (Å²) in [4.78, 5) is 26.8. The molecule has 6 nitrogen and oxygen atoms in total. The Morgan fingerprint density at radius 3 is 1.05 bits per heavy atom. The normalized spacial score (nSPS) is 11.3. The molecule has 3 N–H and O–H groups in total. The van der Waals surface area contributed by atoms with Crippen molar-refractivity contribution < 1.29 is 14.7 Å². The van der Waals surface area contributed by atoms with Crippen LogP contribution >= 0.6 is 0 Å². The highest BCUT2D eigenvalue weighted by molar-refractivity contribution is 5.76. The Morgan fingerprint density at radius 1 is 0.442 bits per heavy atom. The van der Waals surface area contributed by atoms with Gasteiger partial charge in [0.2, 0.25) is 11.8 Å². The topological polar surface area (TPSA) is 81.7 Å². The maximum Gasteiger partial charge on any atom is 0.221 e. The third-order valence-corrected chi connectivity index (χ3v) is 8.65. The average molecular weight is 610 g/mol. The molecular formula is C37H75N3O3. The first kappa shape index (κ1) is 41.9. The molecule has 0 unspecified atom stereocenters. The van der Waals surface area contributed by atoms with Crippen molar-refractivity contribution >= 4 is 11.8 Å². The van der Waals surface area contributed by atoms with Crippen molar-refractivity contribution in [2.75, 3.05) is 39.3 Å². The van der Waals surface area contributed by atoms with E-state index >= 15 is 0 Å². The van der Waals surface area contributed by atoms with Crippen molar-refractivity contribution in [1.82, 2.24) is 15.5 Å². The van der Waals surface area contributed by atoms with Crippen LogP contribution in [0.2, 0.25) is 0 Å². The van der Waals surface area contributed by atoms with Gasteiger partial charge in [-0.15, -0.1) is 0 Å². The number of hydrogen-bond acceptors (Lipinski definition) is 4. The third-order valence-electron chi connectivity index (χ3n) is 8.65. The van der Waals surface area contributed by atoms with Gasteiger partial charge in [-0.05, 0) is 19.3 Å². The molecule has 0 bridgehead atoms. The molecule has 256 valence electrons. The fourth-order valence-corrected chi connectivity index (χ4v) is 5.71. The number of carbonyl (C=O) groups excluding carboxylic acids is 2. The molecule has 0 aromatic heterocycles. The lowest BCUT2D eigenvalue weighted by atomic mass is 10.1. The van der Waals surface area contributed by atoms with Crippen molar-refractivity contribution in [3.63, 3.8) is 0 Å². The highest BCUT2D eigenvalue weighted by atomic mass is 16.3. The minimum atomic E-state index is 0.0912. The molecule has 0 heterocycles. The molecule has 0 radical (unpaired) electrons. The highest BCUT2D eigenvalue weighted by Crippen LogP contribution is 2.13. The van der Waals surface area contributed by atoms with E-state index in [0.29, 0.717) is 38.9 Å². The highest BCUT2D eigenvalue weighted by Gasteiger charge is 2.10. The molecule has 0 saturated carbocycles. The van der Waals surface area contributed by atoms with E-state index in [1.165, 1.54) is 141 Å². The van der Waals surface area contributed by atoms with Crippen LogP contribution in [0.5, 0.6) is 0 Å². The maximum absolute atomic E-state index is 12.3. The molecule has 0 aliphatic heterocycles. The van der Waals surface area contributed by atoms with Crippen LogP contribution in [0.1, 0.15) is 187 Å². The Labute approximate surface area is 268 Å². The molecule has 0 aromatic carbocycles. The summed E-state index contributed by atoms with van der Waals surface area (Å²) >= 11 is 0. The monoisotopic (exact) mass is 610 g/mol. The van der Waals surface area contributed by atoms with E-state index in [9.17, 15) is 14.7 Å². The molecule has 0 rings (SSSR count). The van der Waals surface area contributed by atoms with Crippen LogP contribution in [-0.4, -0.2) is 61.2 Å². The summed E-state index contributed by atoms with van der Waals surface area (Å²) < 4.78 is 0. The first-order valence-electron chi connectivity index (χ1n) is 19.0. The van der Waals surface area contributed by atoms with Crippen molar-refractivity contribution in [2.45, 2.75) is 187 Å². The SMILES string of the molecule is CCCCCCCCCCCCCCNC(=O)CCN(CCCO)CCC(=O)NCCCCCCCCCCCCCC. The van der Waals surface area contributed by atoms with E-state index in [1.54, 1.807) is 0 Å². The lowest BCUT2D eigenvalue weighted by Crippen LogP contribution is -2.35. The van der Waals surface area contributed by atoms with Crippen molar-refractivity contribution in [2.24, 2.45) is 0 Å². The summed E-state index contributed by atoms with van der Waals surface area (Å²) in [7, 11) is 0. The van der Waals surface area contributed by atoms with E-state index < -0.39 is 0 Å². The second-order valence-electron chi connectivity index (χ2n) is 12.9. The van der Waals surface area contributed by atoms with Crippen LogP contribution in [0, 0.1) is 0 Å². The van der Waals surface area contributed by atoms with Crippen molar-refractivity contribution in [1.29, 1.82) is 0 Å². The van der Waals surface area contributed by atoms with Crippen LogP contribution in [0.25, 0.3) is 0 Å². The summed E-state index contributed by atoms with van der Waals surface area (Å²) in [5.74, 6) is 0.182. The van der Waals surface area contributed by atoms with E-state index in [1.807, 2.05) is 0 Å². The maximum atomic E-state index is 12.3. The van der Waals surface area contributed by atoms with Crippen molar-refractivity contribution in [3.8, 4) is 0 Å². The Balaban J connectivity index is 3.71. The van der Waals surface area contributed by atoms with Gasteiger partial charge in [0.05, 0.1) is 0 Å². The summed E-state index contributed by atoms with van der Waals surface area (Å²) in [5, 5.41) is 15.4. The fourth-order valence-electron chi connectivity index (χ4n) is 5.71. The van der Waals surface area contributed by atoms with E-state index in [2.05, 4.69) is 29.4 Å². The number of nitrogens with one attached hydrogen (secondary N) is 2. The first-order chi connectivity index (χ1) is 21.1. The number of carbonyl (C=O) groups is 2. The molecule has 0 aromatic rings. The summed E-state index contributed by atoms with van der Waals surface area (Å²) in [5.41, 5.74) is 0. The molecule has 6 heteroatoms. The standard InChI is InChI=1S/C37H75N3O3/c1-3-5-7-9-11-13-15-17-19-21-23-25-30-38-36(42)28-33-40(32-27-35-41)34-29-37(43)39-31-26-24-22-20-18-16-14-12-10-8-6-4-2/h41H,3-35H2,1-2H3,(H,38,42)(H,39,43). The zero-order valence-corrected chi connectivity index (χ0v) is 29.0. The summed E-state index contributed by atoms with van der Waals surface area (Å²) in [6, 6.07) is 0. The Bertz CT molecular complexity index is 541. The number of amides is 2. The van der Waals surface area contributed by atoms with E-state index in [4.69, 9.17) is 0 Å².